The fraction of sp³-hybridized carbons (Fsp3) is 1.00. The molecule has 7 nitrogen and oxygen atoms in total. The number of aliphatic hydroxyl groups is 3. The third-order valence-corrected chi connectivity index (χ3v) is 14.8. The summed E-state index contributed by atoms with van der Waals surface area (Å²) in [6.45, 7) is 15.3. The van der Waals surface area contributed by atoms with E-state index in [9.17, 15) is 15.3 Å². The number of morpholine rings is 1. The standard InChI is InChI=1S/C35H59NO6/c1-21-34-13-11-23-24(7-6-8-29(38)33(4,5)39)27(37)17-25(23)26(34)9-10-28-32(2,3)30(12-14-35(21,28)34)42-31-18-36(15-16-41-31)22-19-40-20-22/h21-31,37-39H,6-20H2,1-5H3/t21-,23?,24+,25?,26-,27+,28?,29-,30-,31?,34-,35?/m0/s1. The Morgan fingerprint density at radius 3 is 2.52 bits per heavy atom. The van der Waals surface area contributed by atoms with E-state index in [1.807, 2.05) is 0 Å². The van der Waals surface area contributed by atoms with Gasteiger partial charge in [0.2, 0.25) is 0 Å². The van der Waals surface area contributed by atoms with E-state index in [4.69, 9.17) is 14.2 Å². The monoisotopic (exact) mass is 589 g/mol. The van der Waals surface area contributed by atoms with Crippen LogP contribution in [-0.4, -0.2) is 89.4 Å². The molecule has 0 aromatic carbocycles. The van der Waals surface area contributed by atoms with Crippen molar-refractivity contribution in [1.29, 1.82) is 0 Å². The molecule has 2 aliphatic heterocycles. The highest BCUT2D eigenvalue weighted by Crippen LogP contribution is 2.88. The molecular weight excluding hydrogens is 530 g/mol. The second kappa shape index (κ2) is 10.6. The first kappa shape index (κ1) is 30.4. The van der Waals surface area contributed by atoms with Crippen LogP contribution in [0.4, 0.5) is 0 Å². The molecule has 7 aliphatic rings. The summed E-state index contributed by atoms with van der Waals surface area (Å²) in [5.74, 6) is 3.83. The van der Waals surface area contributed by atoms with Gasteiger partial charge in [0.1, 0.15) is 0 Å². The van der Waals surface area contributed by atoms with Gasteiger partial charge in [-0.25, -0.2) is 0 Å². The van der Waals surface area contributed by atoms with Gasteiger partial charge in [0, 0.05) is 6.54 Å². The molecule has 0 radical (unpaired) electrons. The van der Waals surface area contributed by atoms with E-state index in [1.165, 1.54) is 32.1 Å². The summed E-state index contributed by atoms with van der Waals surface area (Å²) in [5, 5.41) is 31.8. The van der Waals surface area contributed by atoms with E-state index in [0.29, 0.717) is 47.0 Å². The van der Waals surface area contributed by atoms with E-state index in [2.05, 4.69) is 25.7 Å². The van der Waals surface area contributed by atoms with Crippen LogP contribution in [0.2, 0.25) is 0 Å². The van der Waals surface area contributed by atoms with Gasteiger partial charge >= 0.3 is 0 Å². The summed E-state index contributed by atoms with van der Waals surface area (Å²) in [6, 6.07) is 0.535. The van der Waals surface area contributed by atoms with Crippen LogP contribution in [0, 0.1) is 51.8 Å². The molecule has 0 aromatic heterocycles. The molecule has 2 spiro atoms. The lowest BCUT2D eigenvalue weighted by Gasteiger charge is -2.58. The van der Waals surface area contributed by atoms with Gasteiger partial charge in [-0.15, -0.1) is 0 Å². The van der Waals surface area contributed by atoms with E-state index >= 15 is 0 Å². The quantitative estimate of drug-likeness (QED) is 0.381. The molecule has 12 atom stereocenters. The maximum absolute atomic E-state index is 11.3. The topological polar surface area (TPSA) is 91.6 Å². The van der Waals surface area contributed by atoms with Crippen LogP contribution in [0.3, 0.4) is 0 Å². The number of nitrogens with zero attached hydrogens (tertiary/aromatic N) is 1. The Balaban J connectivity index is 1.02. The molecule has 0 amide bonds. The zero-order valence-electron chi connectivity index (χ0n) is 27.0. The number of ether oxygens (including phenoxy) is 3. The smallest absolute Gasteiger partial charge is 0.170 e. The van der Waals surface area contributed by atoms with E-state index < -0.39 is 11.7 Å². The molecule has 7 rings (SSSR count). The van der Waals surface area contributed by atoms with Crippen molar-refractivity contribution in [3.8, 4) is 0 Å². The molecule has 0 bridgehead atoms. The maximum Gasteiger partial charge on any atom is 0.170 e. The highest BCUT2D eigenvalue weighted by atomic mass is 16.7. The SMILES string of the molecule is C[C@@H]1C23CC[C@H](OC4CN(C5COC5)CCO4)C(C)(C)C2CC[C@H]2C4C[C@@H](O)[C@H](CCC[C@H](O)C(C)(C)O)C4CC[C@]123. The second-order valence-electron chi connectivity index (χ2n) is 16.9. The van der Waals surface area contributed by atoms with Crippen LogP contribution in [0.25, 0.3) is 0 Å². The van der Waals surface area contributed by atoms with Gasteiger partial charge in [0.15, 0.2) is 6.29 Å². The van der Waals surface area contributed by atoms with E-state index in [0.717, 1.165) is 70.4 Å². The molecule has 3 N–H and O–H groups in total. The summed E-state index contributed by atoms with van der Waals surface area (Å²) >= 11 is 0. The van der Waals surface area contributed by atoms with Crippen LogP contribution in [0.15, 0.2) is 0 Å². The first-order chi connectivity index (χ1) is 19.9. The van der Waals surface area contributed by atoms with Gasteiger partial charge in [-0.3, -0.25) is 4.90 Å². The lowest BCUT2D eigenvalue weighted by molar-refractivity contribution is -0.253. The van der Waals surface area contributed by atoms with Crippen molar-refractivity contribution in [3.05, 3.63) is 0 Å². The number of hydrogen-bond donors (Lipinski definition) is 3. The maximum atomic E-state index is 11.3. The molecular formula is C35H59NO6. The van der Waals surface area contributed by atoms with Gasteiger partial charge in [-0.2, -0.15) is 0 Å². The Morgan fingerprint density at radius 1 is 1.05 bits per heavy atom. The predicted molar refractivity (Wildman–Crippen MR) is 161 cm³/mol. The molecule has 7 fully saturated rings. The minimum atomic E-state index is -1.06. The Labute approximate surface area is 254 Å². The molecule has 2 heterocycles. The molecule has 2 saturated heterocycles. The summed E-state index contributed by atoms with van der Waals surface area (Å²) in [6.07, 6.45) is 10.2. The Kier molecular flexibility index (Phi) is 7.69. The first-order valence-electron chi connectivity index (χ1n) is 17.6. The zero-order valence-corrected chi connectivity index (χ0v) is 27.0. The Hall–Kier alpha value is -0.280. The average Bonchev–Trinajstić information content (AvgIpc) is 3.25. The van der Waals surface area contributed by atoms with Crippen molar-refractivity contribution in [1.82, 2.24) is 4.90 Å². The molecule has 7 heteroatoms. The van der Waals surface area contributed by atoms with Crippen LogP contribution >= 0.6 is 0 Å². The molecule has 5 saturated carbocycles. The highest BCUT2D eigenvalue weighted by Gasteiger charge is 2.83. The van der Waals surface area contributed by atoms with Gasteiger partial charge < -0.3 is 29.5 Å². The Bertz CT molecular complexity index is 994. The van der Waals surface area contributed by atoms with Crippen molar-refractivity contribution in [2.75, 3.05) is 32.9 Å². The van der Waals surface area contributed by atoms with Gasteiger partial charge in [0.05, 0.1) is 56.3 Å². The van der Waals surface area contributed by atoms with Crippen molar-refractivity contribution in [3.63, 3.8) is 0 Å². The van der Waals surface area contributed by atoms with E-state index in [1.54, 1.807) is 13.8 Å². The predicted octanol–water partition coefficient (Wildman–Crippen LogP) is 4.61. The minimum Gasteiger partial charge on any atom is -0.393 e. The second-order valence-corrected chi connectivity index (χ2v) is 16.9. The van der Waals surface area contributed by atoms with Crippen LogP contribution in [-0.2, 0) is 14.2 Å². The summed E-state index contributed by atoms with van der Waals surface area (Å²) in [7, 11) is 0. The lowest BCUT2D eigenvalue weighted by atomic mass is 9.48. The summed E-state index contributed by atoms with van der Waals surface area (Å²) < 4.78 is 18.5. The van der Waals surface area contributed by atoms with Crippen LogP contribution < -0.4 is 0 Å². The summed E-state index contributed by atoms with van der Waals surface area (Å²) in [5.41, 5.74) is -0.0432. The van der Waals surface area contributed by atoms with Gasteiger partial charge in [-0.1, -0.05) is 27.2 Å². The van der Waals surface area contributed by atoms with Crippen molar-refractivity contribution in [2.45, 2.75) is 135 Å². The average molecular weight is 590 g/mol. The van der Waals surface area contributed by atoms with E-state index in [-0.39, 0.29) is 23.9 Å². The Morgan fingerprint density at radius 2 is 1.81 bits per heavy atom. The van der Waals surface area contributed by atoms with Crippen molar-refractivity contribution < 1.29 is 29.5 Å². The normalized spacial score (nSPS) is 49.3. The molecule has 0 aromatic rings. The third kappa shape index (κ3) is 4.45. The minimum absolute atomic E-state index is 0.127. The number of fused-ring (bicyclic) bond motifs is 2. The van der Waals surface area contributed by atoms with Crippen molar-refractivity contribution in [2.24, 2.45) is 51.8 Å². The highest BCUT2D eigenvalue weighted by molar-refractivity contribution is 5.31. The third-order valence-electron chi connectivity index (χ3n) is 14.8. The van der Waals surface area contributed by atoms with Crippen LogP contribution in [0.5, 0.6) is 0 Å². The van der Waals surface area contributed by atoms with Crippen LogP contribution in [0.1, 0.15) is 98.8 Å². The number of rotatable bonds is 8. The molecule has 240 valence electrons. The zero-order chi connectivity index (χ0) is 29.7. The summed E-state index contributed by atoms with van der Waals surface area (Å²) in [4.78, 5) is 2.51. The van der Waals surface area contributed by atoms with Gasteiger partial charge in [0.25, 0.3) is 0 Å². The fourth-order valence-corrected chi connectivity index (χ4v) is 12.6. The lowest BCUT2D eigenvalue weighted by Crippen LogP contribution is -2.58. The molecule has 5 aliphatic carbocycles. The van der Waals surface area contributed by atoms with Gasteiger partial charge in [-0.05, 0) is 123 Å². The number of aliphatic hydroxyl groups excluding tert-OH is 2. The van der Waals surface area contributed by atoms with Crippen molar-refractivity contribution >= 4 is 0 Å². The molecule has 5 unspecified atom stereocenters. The first-order valence-corrected chi connectivity index (χ1v) is 17.6. The fourth-order valence-electron chi connectivity index (χ4n) is 12.6. The molecule has 42 heavy (non-hydrogen) atoms. The largest absolute Gasteiger partial charge is 0.393 e. The number of hydrogen-bond acceptors (Lipinski definition) is 7.